The van der Waals surface area contributed by atoms with E-state index in [1.807, 2.05) is 18.2 Å². The summed E-state index contributed by atoms with van der Waals surface area (Å²) in [7, 11) is 4.55. The second kappa shape index (κ2) is 9.04. The van der Waals surface area contributed by atoms with Crippen molar-refractivity contribution in [2.45, 2.75) is 0 Å². The molecule has 0 unspecified atom stereocenters. The smallest absolute Gasteiger partial charge is 0.341 e. The summed E-state index contributed by atoms with van der Waals surface area (Å²) in [6.45, 7) is 0. The summed E-state index contributed by atoms with van der Waals surface area (Å²) in [5.74, 6) is -0.558. The number of rotatable bonds is 6. The van der Waals surface area contributed by atoms with E-state index in [2.05, 4.69) is 9.97 Å². The first-order chi connectivity index (χ1) is 15.9. The van der Waals surface area contributed by atoms with E-state index < -0.39 is 17.6 Å². The Morgan fingerprint density at radius 1 is 0.939 bits per heavy atom. The number of anilines is 2. The van der Waals surface area contributed by atoms with Gasteiger partial charge in [-0.1, -0.05) is 12.1 Å². The van der Waals surface area contributed by atoms with E-state index in [1.165, 1.54) is 38.5 Å². The molecule has 0 aliphatic rings. The van der Waals surface area contributed by atoms with Gasteiger partial charge in [0.25, 0.3) is 0 Å². The lowest BCUT2D eigenvalue weighted by Gasteiger charge is -2.22. The third-order valence-electron chi connectivity index (χ3n) is 5.19. The Morgan fingerprint density at radius 3 is 2.36 bits per heavy atom. The Balaban J connectivity index is 1.82. The van der Waals surface area contributed by atoms with Crippen molar-refractivity contribution in [3.63, 3.8) is 0 Å². The second-order valence-corrected chi connectivity index (χ2v) is 7.16. The van der Waals surface area contributed by atoms with Crippen LogP contribution in [0.4, 0.5) is 15.9 Å². The number of esters is 1. The summed E-state index contributed by atoms with van der Waals surface area (Å²) in [5.41, 5.74) is 1.82. The van der Waals surface area contributed by atoms with Gasteiger partial charge < -0.3 is 14.4 Å². The summed E-state index contributed by atoms with van der Waals surface area (Å²) < 4.78 is 23.5. The molecule has 166 valence electrons. The number of aromatic nitrogens is 2. The molecular formula is C25H20FN3O4. The number of fused-ring (bicyclic) bond motifs is 1. The van der Waals surface area contributed by atoms with Gasteiger partial charge in [-0.25, -0.2) is 19.2 Å². The molecule has 0 saturated carbocycles. The number of hydrogen-bond donors (Lipinski definition) is 0. The number of halogens is 1. The molecule has 0 amide bonds. The Bertz CT molecular complexity index is 1360. The van der Waals surface area contributed by atoms with Crippen LogP contribution in [0.25, 0.3) is 10.9 Å². The van der Waals surface area contributed by atoms with Crippen LogP contribution < -0.4 is 9.64 Å². The minimum Gasteiger partial charge on any atom is -0.496 e. The monoisotopic (exact) mass is 445 g/mol. The minimum atomic E-state index is -0.513. The molecular weight excluding hydrogens is 425 g/mol. The van der Waals surface area contributed by atoms with E-state index in [4.69, 9.17) is 9.47 Å². The molecule has 0 N–H and O–H groups in total. The predicted octanol–water partition coefficient (Wildman–Crippen LogP) is 4.56. The summed E-state index contributed by atoms with van der Waals surface area (Å²) in [6.07, 6.45) is 0. The normalized spacial score (nSPS) is 10.7. The maximum absolute atomic E-state index is 13.3. The van der Waals surface area contributed by atoms with E-state index in [-0.39, 0.29) is 17.0 Å². The summed E-state index contributed by atoms with van der Waals surface area (Å²) in [5, 5.41) is 0.728. The Kier molecular flexibility index (Phi) is 5.99. The molecule has 7 nitrogen and oxygen atoms in total. The topological polar surface area (TPSA) is 81.6 Å². The third-order valence-corrected chi connectivity index (χ3v) is 5.19. The van der Waals surface area contributed by atoms with Gasteiger partial charge in [0.2, 0.25) is 11.6 Å². The lowest BCUT2D eigenvalue weighted by molar-refractivity contribution is 0.0597. The largest absolute Gasteiger partial charge is 0.496 e. The first-order valence-corrected chi connectivity index (χ1v) is 10.00. The van der Waals surface area contributed by atoms with Crippen LogP contribution in [-0.4, -0.2) is 43.0 Å². The van der Waals surface area contributed by atoms with Crippen LogP contribution >= 0.6 is 0 Å². The van der Waals surface area contributed by atoms with Crippen LogP contribution in [0.15, 0.2) is 66.7 Å². The van der Waals surface area contributed by atoms with E-state index in [1.54, 1.807) is 36.2 Å². The van der Waals surface area contributed by atoms with Gasteiger partial charge in [0.1, 0.15) is 22.9 Å². The maximum Gasteiger partial charge on any atom is 0.341 e. The molecule has 0 aliphatic carbocycles. The highest BCUT2D eigenvalue weighted by molar-refractivity contribution is 6.08. The molecule has 0 fully saturated rings. The molecule has 3 aromatic carbocycles. The van der Waals surface area contributed by atoms with Crippen molar-refractivity contribution in [1.29, 1.82) is 0 Å². The van der Waals surface area contributed by atoms with Crippen LogP contribution in [0.3, 0.4) is 0 Å². The fourth-order valence-corrected chi connectivity index (χ4v) is 3.44. The quantitative estimate of drug-likeness (QED) is 0.318. The number of nitrogens with zero attached hydrogens (tertiary/aromatic N) is 3. The van der Waals surface area contributed by atoms with E-state index in [0.29, 0.717) is 22.8 Å². The van der Waals surface area contributed by atoms with Gasteiger partial charge in [-0.2, -0.15) is 0 Å². The molecule has 0 bridgehead atoms. The molecule has 0 atom stereocenters. The van der Waals surface area contributed by atoms with Crippen LogP contribution in [0, 0.1) is 5.82 Å². The first-order valence-electron chi connectivity index (χ1n) is 10.00. The van der Waals surface area contributed by atoms with Gasteiger partial charge in [-0.3, -0.25) is 4.79 Å². The highest BCUT2D eigenvalue weighted by Gasteiger charge is 2.20. The van der Waals surface area contributed by atoms with E-state index >= 15 is 0 Å². The van der Waals surface area contributed by atoms with Gasteiger partial charge in [0.05, 0.1) is 19.7 Å². The van der Waals surface area contributed by atoms with Crippen molar-refractivity contribution in [3.05, 3.63) is 89.5 Å². The fourth-order valence-electron chi connectivity index (χ4n) is 3.44. The van der Waals surface area contributed by atoms with Crippen molar-refractivity contribution < 1.29 is 23.5 Å². The number of benzene rings is 3. The Morgan fingerprint density at radius 2 is 1.67 bits per heavy atom. The van der Waals surface area contributed by atoms with E-state index in [0.717, 1.165) is 5.39 Å². The zero-order chi connectivity index (χ0) is 23.5. The fraction of sp³-hybridized carbons (Fsp3) is 0.120. The van der Waals surface area contributed by atoms with Crippen molar-refractivity contribution in [2.24, 2.45) is 0 Å². The van der Waals surface area contributed by atoms with Crippen LogP contribution in [-0.2, 0) is 4.74 Å². The van der Waals surface area contributed by atoms with Gasteiger partial charge in [0, 0.05) is 29.8 Å². The molecule has 4 aromatic rings. The van der Waals surface area contributed by atoms with Crippen LogP contribution in [0.2, 0.25) is 0 Å². The van der Waals surface area contributed by atoms with Crippen molar-refractivity contribution in [1.82, 2.24) is 9.97 Å². The molecule has 0 aliphatic heterocycles. The molecule has 8 heteroatoms. The lowest BCUT2D eigenvalue weighted by atomic mass is 10.1. The van der Waals surface area contributed by atoms with Gasteiger partial charge in [-0.15, -0.1) is 0 Å². The molecule has 33 heavy (non-hydrogen) atoms. The second-order valence-electron chi connectivity index (χ2n) is 7.16. The van der Waals surface area contributed by atoms with Crippen molar-refractivity contribution in [3.8, 4) is 5.75 Å². The highest BCUT2D eigenvalue weighted by Crippen LogP contribution is 2.32. The number of ether oxygens (including phenoxy) is 2. The van der Waals surface area contributed by atoms with Crippen LogP contribution in [0.5, 0.6) is 5.75 Å². The summed E-state index contributed by atoms with van der Waals surface area (Å²) in [6, 6.07) is 17.6. The molecule has 1 aromatic heterocycles. The molecule has 0 spiro atoms. The predicted molar refractivity (Wildman–Crippen MR) is 122 cm³/mol. The Labute approximate surface area is 189 Å². The van der Waals surface area contributed by atoms with Crippen molar-refractivity contribution in [2.75, 3.05) is 26.2 Å². The van der Waals surface area contributed by atoms with Crippen molar-refractivity contribution >= 4 is 34.2 Å². The lowest BCUT2D eigenvalue weighted by Crippen LogP contribution is -2.16. The Hall–Kier alpha value is -4.33. The number of ketones is 1. The molecule has 0 saturated heterocycles. The zero-order valence-corrected chi connectivity index (χ0v) is 18.2. The zero-order valence-electron chi connectivity index (χ0n) is 18.2. The number of methoxy groups -OCH3 is 2. The van der Waals surface area contributed by atoms with Gasteiger partial charge in [0.15, 0.2) is 0 Å². The number of carbonyl (C=O) groups excluding carboxylic acids is 2. The third kappa shape index (κ3) is 4.23. The summed E-state index contributed by atoms with van der Waals surface area (Å²) >= 11 is 0. The number of hydrogen-bond acceptors (Lipinski definition) is 7. The molecule has 0 radical (unpaired) electrons. The van der Waals surface area contributed by atoms with E-state index in [9.17, 15) is 14.0 Å². The number of carbonyl (C=O) groups is 2. The number of para-hydroxylation sites is 1. The standard InChI is InChI=1S/C25H20FN3O4/c1-29(17-12-13-19(25(31)33-3)21(14-17)32-2)24-18-6-4-5-7-20(18)27-23(28-24)22(30)15-8-10-16(26)11-9-15/h4-14H,1-3H3. The van der Waals surface area contributed by atoms with Gasteiger partial charge in [-0.05, 0) is 48.5 Å². The first kappa shape index (κ1) is 21.9. The van der Waals surface area contributed by atoms with Crippen LogP contribution in [0.1, 0.15) is 26.5 Å². The molecule has 4 rings (SSSR count). The SMILES string of the molecule is COC(=O)c1ccc(N(C)c2nc(C(=O)c3ccc(F)cc3)nc3ccccc23)cc1OC. The average Bonchev–Trinajstić information content (AvgIpc) is 2.86. The summed E-state index contributed by atoms with van der Waals surface area (Å²) in [4.78, 5) is 35.8. The molecule has 1 heterocycles. The maximum atomic E-state index is 13.3. The highest BCUT2D eigenvalue weighted by atomic mass is 19.1. The average molecular weight is 445 g/mol. The van der Waals surface area contributed by atoms with Gasteiger partial charge >= 0.3 is 5.97 Å². The minimum absolute atomic E-state index is 0.0136.